The molecule has 1 aromatic heterocycles. The average molecular weight is 436 g/mol. The number of ether oxygens (including phenoxy) is 1. The lowest BCUT2D eigenvalue weighted by Gasteiger charge is -2.32. The van der Waals surface area contributed by atoms with Crippen LogP contribution in [0.3, 0.4) is 0 Å². The maximum absolute atomic E-state index is 11.5. The van der Waals surface area contributed by atoms with Crippen molar-refractivity contribution in [1.29, 1.82) is 0 Å². The first kappa shape index (κ1) is 20.4. The fourth-order valence-electron chi connectivity index (χ4n) is 4.29. The summed E-state index contributed by atoms with van der Waals surface area (Å²) in [5.41, 5.74) is 0. The maximum Gasteiger partial charge on any atom is 0.225 e. The van der Waals surface area contributed by atoms with Gasteiger partial charge in [-0.3, -0.25) is 0 Å². The summed E-state index contributed by atoms with van der Waals surface area (Å²) < 4.78 is 28.8. The first-order chi connectivity index (χ1) is 13.9. The van der Waals surface area contributed by atoms with Crippen molar-refractivity contribution in [2.45, 2.75) is 30.6 Å². The highest BCUT2D eigenvalue weighted by molar-refractivity contribution is 7.90. The van der Waals surface area contributed by atoms with Crippen molar-refractivity contribution >= 4 is 27.4 Å². The maximum atomic E-state index is 11.5. The standard InChI is InChI=1S/C21H26ClN3O3S/c1-29(26,27)19-4-2-18(3-5-19)28-11-8-16-12-20(16)15-6-9-25(10-7-15)21-23-13-17(22)14-24-21/h2-5,13-16,20H,6-12H2,1H3/t16-,20+/m0/s1. The first-order valence-electron chi connectivity index (χ1n) is 10.1. The molecule has 0 radical (unpaired) electrons. The highest BCUT2D eigenvalue weighted by atomic mass is 35.5. The Hall–Kier alpha value is -1.86. The van der Waals surface area contributed by atoms with Gasteiger partial charge in [-0.1, -0.05) is 11.6 Å². The monoisotopic (exact) mass is 435 g/mol. The van der Waals surface area contributed by atoms with Crippen molar-refractivity contribution in [3.63, 3.8) is 0 Å². The van der Waals surface area contributed by atoms with Gasteiger partial charge in [0.1, 0.15) is 5.75 Å². The van der Waals surface area contributed by atoms with Crippen molar-refractivity contribution in [3.05, 3.63) is 41.7 Å². The third-order valence-corrected chi connectivity index (χ3v) is 7.34. The zero-order valence-electron chi connectivity index (χ0n) is 16.5. The first-order valence-corrected chi connectivity index (χ1v) is 12.3. The molecule has 8 heteroatoms. The van der Waals surface area contributed by atoms with Gasteiger partial charge in [-0.2, -0.15) is 0 Å². The molecular formula is C21H26ClN3O3S. The fraction of sp³-hybridized carbons (Fsp3) is 0.524. The summed E-state index contributed by atoms with van der Waals surface area (Å²) in [5, 5.41) is 0.568. The van der Waals surface area contributed by atoms with Gasteiger partial charge in [-0.05, 0) is 67.7 Å². The molecule has 1 aromatic carbocycles. The molecule has 29 heavy (non-hydrogen) atoms. The van der Waals surface area contributed by atoms with E-state index >= 15 is 0 Å². The molecule has 4 rings (SSSR count). The summed E-state index contributed by atoms with van der Waals surface area (Å²) in [5.74, 6) is 3.83. The van der Waals surface area contributed by atoms with Crippen molar-refractivity contribution in [1.82, 2.24) is 9.97 Å². The van der Waals surface area contributed by atoms with E-state index in [2.05, 4.69) is 14.9 Å². The van der Waals surface area contributed by atoms with Gasteiger partial charge in [0.05, 0.1) is 28.9 Å². The molecule has 156 valence electrons. The second-order valence-corrected chi connectivity index (χ2v) is 10.5. The van der Waals surface area contributed by atoms with Crippen LogP contribution in [0.15, 0.2) is 41.6 Å². The molecule has 2 heterocycles. The number of hydrogen-bond acceptors (Lipinski definition) is 6. The molecule has 0 amide bonds. The van der Waals surface area contributed by atoms with Crippen LogP contribution in [0.4, 0.5) is 5.95 Å². The molecule has 6 nitrogen and oxygen atoms in total. The van der Waals surface area contributed by atoms with Crippen LogP contribution < -0.4 is 9.64 Å². The van der Waals surface area contributed by atoms with E-state index in [9.17, 15) is 8.42 Å². The molecule has 1 saturated carbocycles. The van der Waals surface area contributed by atoms with Crippen LogP contribution in [0.5, 0.6) is 5.75 Å². The number of aromatic nitrogens is 2. The van der Waals surface area contributed by atoms with Gasteiger partial charge in [0.15, 0.2) is 9.84 Å². The molecule has 0 N–H and O–H groups in total. The lowest BCUT2D eigenvalue weighted by molar-refractivity contribution is 0.284. The lowest BCUT2D eigenvalue weighted by Crippen LogP contribution is -2.35. The van der Waals surface area contributed by atoms with Crippen LogP contribution in [0, 0.1) is 17.8 Å². The van der Waals surface area contributed by atoms with E-state index in [1.54, 1.807) is 36.7 Å². The predicted molar refractivity (Wildman–Crippen MR) is 113 cm³/mol. The van der Waals surface area contributed by atoms with Crippen LogP contribution in [0.1, 0.15) is 25.7 Å². The quantitative estimate of drug-likeness (QED) is 0.657. The number of nitrogens with zero attached hydrogens (tertiary/aromatic N) is 3. The van der Waals surface area contributed by atoms with Gasteiger partial charge in [0.25, 0.3) is 0 Å². The normalized spacial score (nSPS) is 22.5. The van der Waals surface area contributed by atoms with Crippen LogP contribution in [0.2, 0.25) is 5.02 Å². The van der Waals surface area contributed by atoms with E-state index < -0.39 is 9.84 Å². The Morgan fingerprint density at radius 3 is 2.41 bits per heavy atom. The third-order valence-electron chi connectivity index (χ3n) is 6.02. The summed E-state index contributed by atoms with van der Waals surface area (Å²) in [7, 11) is -3.16. The minimum Gasteiger partial charge on any atom is -0.494 e. The van der Waals surface area contributed by atoms with Gasteiger partial charge in [0, 0.05) is 19.3 Å². The Balaban J connectivity index is 1.18. The Labute approximate surface area is 177 Å². The highest BCUT2D eigenvalue weighted by Crippen LogP contribution is 2.49. The Morgan fingerprint density at radius 1 is 1.14 bits per heavy atom. The number of hydrogen-bond donors (Lipinski definition) is 0. The van der Waals surface area contributed by atoms with E-state index in [1.165, 1.54) is 25.5 Å². The summed E-state index contributed by atoms with van der Waals surface area (Å²) in [4.78, 5) is 11.2. The van der Waals surface area contributed by atoms with Gasteiger partial charge >= 0.3 is 0 Å². The molecule has 2 fully saturated rings. The fourth-order valence-corrected chi connectivity index (χ4v) is 5.02. The third kappa shape index (κ3) is 5.20. The number of piperidine rings is 1. The zero-order chi connectivity index (χ0) is 20.4. The topological polar surface area (TPSA) is 72.4 Å². The minimum atomic E-state index is -3.16. The molecule has 2 atom stereocenters. The lowest BCUT2D eigenvalue weighted by atomic mass is 9.90. The van der Waals surface area contributed by atoms with E-state index in [0.29, 0.717) is 16.5 Å². The molecule has 2 aromatic rings. The number of rotatable bonds is 7. The molecule has 0 bridgehead atoms. The summed E-state index contributed by atoms with van der Waals surface area (Å²) in [6, 6.07) is 6.66. The summed E-state index contributed by atoms with van der Waals surface area (Å²) in [6.07, 6.45) is 9.23. The molecule has 0 unspecified atom stereocenters. The molecule has 1 aliphatic carbocycles. The van der Waals surface area contributed by atoms with Crippen LogP contribution >= 0.6 is 11.6 Å². The highest BCUT2D eigenvalue weighted by Gasteiger charge is 2.43. The Bertz CT molecular complexity index is 927. The molecule has 1 saturated heterocycles. The van der Waals surface area contributed by atoms with Gasteiger partial charge in [0.2, 0.25) is 5.95 Å². The van der Waals surface area contributed by atoms with Crippen LogP contribution in [0.25, 0.3) is 0 Å². The van der Waals surface area contributed by atoms with Gasteiger partial charge < -0.3 is 9.64 Å². The van der Waals surface area contributed by atoms with Crippen LogP contribution in [-0.2, 0) is 9.84 Å². The van der Waals surface area contributed by atoms with Crippen molar-refractivity contribution in [3.8, 4) is 5.75 Å². The minimum absolute atomic E-state index is 0.322. The van der Waals surface area contributed by atoms with Crippen molar-refractivity contribution in [2.24, 2.45) is 17.8 Å². The number of benzene rings is 1. The van der Waals surface area contributed by atoms with Crippen molar-refractivity contribution < 1.29 is 13.2 Å². The van der Waals surface area contributed by atoms with E-state index in [4.69, 9.17) is 16.3 Å². The Morgan fingerprint density at radius 2 is 1.79 bits per heavy atom. The van der Waals surface area contributed by atoms with Crippen LogP contribution in [-0.4, -0.2) is 44.3 Å². The van der Waals surface area contributed by atoms with E-state index in [0.717, 1.165) is 49.0 Å². The molecule has 1 aliphatic heterocycles. The van der Waals surface area contributed by atoms with E-state index in [1.807, 2.05) is 0 Å². The summed E-state index contributed by atoms with van der Waals surface area (Å²) in [6.45, 7) is 2.67. The van der Waals surface area contributed by atoms with Crippen molar-refractivity contribution in [2.75, 3.05) is 30.9 Å². The largest absolute Gasteiger partial charge is 0.494 e. The van der Waals surface area contributed by atoms with Gasteiger partial charge in [-0.15, -0.1) is 0 Å². The zero-order valence-corrected chi connectivity index (χ0v) is 18.1. The summed E-state index contributed by atoms with van der Waals surface area (Å²) >= 11 is 5.87. The molecule has 0 spiro atoms. The SMILES string of the molecule is CS(=O)(=O)c1ccc(OCC[C@H]2C[C@@H]2C2CCN(c3ncc(Cl)cn3)CC2)cc1. The molecule has 2 aliphatic rings. The Kier molecular flexibility index (Phi) is 5.97. The average Bonchev–Trinajstić information content (AvgIpc) is 3.48. The number of anilines is 1. The van der Waals surface area contributed by atoms with Gasteiger partial charge in [-0.25, -0.2) is 18.4 Å². The number of halogens is 1. The number of sulfone groups is 1. The second kappa shape index (κ2) is 8.48. The van der Waals surface area contributed by atoms with E-state index in [-0.39, 0.29) is 0 Å². The predicted octanol–water partition coefficient (Wildman–Crippen LogP) is 3.86. The molecular weight excluding hydrogens is 410 g/mol. The smallest absolute Gasteiger partial charge is 0.225 e. The second-order valence-electron chi connectivity index (χ2n) is 8.07.